The molecule has 1 aliphatic heterocycles. The van der Waals surface area contributed by atoms with Gasteiger partial charge in [-0.05, 0) is 74.9 Å². The highest BCUT2D eigenvalue weighted by Gasteiger charge is 2.38. The SMILES string of the molecule is C[C@@H](c1ccccc1)N1CC(=O)N([C@@H](C)c2ccccc2)CC(=O)N([C@@H](C)c2ccccc2)CC(=O)N([C@@H](C)c2ccccc2)CC(=O)N([C@@H](C)c2ccccc2)CC(=O)N([C@@H](C)c2ccccc2)CC1=O. The Bertz CT molecular complexity index is 2260. The van der Waals surface area contributed by atoms with Crippen LogP contribution in [-0.2, 0) is 28.8 Å². The molecule has 0 unspecified atom stereocenters. The molecule has 0 spiro atoms. The number of rotatable bonds is 12. The van der Waals surface area contributed by atoms with E-state index in [-0.39, 0.29) is 0 Å². The monoisotopic (exact) mass is 967 g/mol. The molecule has 6 atom stereocenters. The van der Waals surface area contributed by atoms with Gasteiger partial charge in [-0.3, -0.25) is 28.8 Å². The summed E-state index contributed by atoms with van der Waals surface area (Å²) in [6.07, 6.45) is 0. The molecule has 6 aromatic carbocycles. The van der Waals surface area contributed by atoms with Gasteiger partial charge in [-0.15, -0.1) is 0 Å². The van der Waals surface area contributed by atoms with Gasteiger partial charge in [0.2, 0.25) is 35.4 Å². The Morgan fingerprint density at radius 3 is 0.444 bits per heavy atom. The van der Waals surface area contributed by atoms with Crippen LogP contribution in [0.1, 0.15) is 111 Å². The zero-order valence-electron chi connectivity index (χ0n) is 42.2. The molecule has 0 saturated carbocycles. The van der Waals surface area contributed by atoms with Gasteiger partial charge < -0.3 is 29.4 Å². The number of carbonyl (C=O) groups excluding carboxylic acids is 6. The molecule has 1 saturated heterocycles. The Morgan fingerprint density at radius 2 is 0.333 bits per heavy atom. The molecule has 72 heavy (non-hydrogen) atoms. The minimum atomic E-state index is -0.650. The highest BCUT2D eigenvalue weighted by atomic mass is 16.2. The fraction of sp³-hybridized carbons (Fsp3) is 0.300. The van der Waals surface area contributed by atoms with Crippen molar-refractivity contribution < 1.29 is 28.8 Å². The second-order valence-corrected chi connectivity index (χ2v) is 18.6. The fourth-order valence-electron chi connectivity index (χ4n) is 9.53. The Balaban J connectivity index is 1.41. The van der Waals surface area contributed by atoms with Crippen molar-refractivity contribution in [2.24, 2.45) is 0 Å². The third-order valence-corrected chi connectivity index (χ3v) is 14.3. The smallest absolute Gasteiger partial charge is 0.243 e. The van der Waals surface area contributed by atoms with Crippen molar-refractivity contribution >= 4 is 35.4 Å². The third kappa shape index (κ3) is 12.5. The molecule has 0 aliphatic carbocycles. The molecule has 0 N–H and O–H groups in total. The number of hydrogen-bond acceptors (Lipinski definition) is 6. The van der Waals surface area contributed by atoms with Gasteiger partial charge in [0.05, 0.1) is 36.3 Å². The maximum atomic E-state index is 15.3. The lowest BCUT2D eigenvalue weighted by Crippen LogP contribution is -2.54. The van der Waals surface area contributed by atoms with Crippen LogP contribution in [0.3, 0.4) is 0 Å². The minimum Gasteiger partial charge on any atom is -0.325 e. The van der Waals surface area contributed by atoms with Crippen molar-refractivity contribution in [3.63, 3.8) is 0 Å². The first-order valence-corrected chi connectivity index (χ1v) is 24.8. The van der Waals surface area contributed by atoms with Crippen LogP contribution in [0, 0.1) is 0 Å². The Morgan fingerprint density at radius 1 is 0.222 bits per heavy atom. The predicted octanol–water partition coefficient (Wildman–Crippen LogP) is 9.54. The van der Waals surface area contributed by atoms with Crippen molar-refractivity contribution in [3.05, 3.63) is 215 Å². The molecular weight excluding hydrogens is 901 g/mol. The molecule has 1 fully saturated rings. The van der Waals surface area contributed by atoms with Crippen LogP contribution >= 0.6 is 0 Å². The molecular formula is C60H66N6O6. The third-order valence-electron chi connectivity index (χ3n) is 14.3. The molecule has 372 valence electrons. The average Bonchev–Trinajstić information content (AvgIpc) is 3.42. The van der Waals surface area contributed by atoms with Crippen molar-refractivity contribution in [2.45, 2.75) is 77.8 Å². The Hall–Kier alpha value is -7.86. The quantitative estimate of drug-likeness (QED) is 0.121. The number of amides is 6. The Labute approximate surface area is 424 Å². The summed E-state index contributed by atoms with van der Waals surface area (Å²) in [5, 5.41) is 0. The fourth-order valence-corrected chi connectivity index (χ4v) is 9.53. The molecule has 1 aliphatic rings. The van der Waals surface area contributed by atoms with Crippen molar-refractivity contribution in [1.82, 2.24) is 29.4 Å². The van der Waals surface area contributed by atoms with Crippen LogP contribution in [0.5, 0.6) is 0 Å². The molecule has 0 aromatic heterocycles. The topological polar surface area (TPSA) is 122 Å². The largest absolute Gasteiger partial charge is 0.325 e. The molecule has 6 amide bonds. The van der Waals surface area contributed by atoms with Gasteiger partial charge in [0.1, 0.15) is 39.3 Å². The molecule has 0 bridgehead atoms. The van der Waals surface area contributed by atoms with Crippen LogP contribution in [0.15, 0.2) is 182 Å². The van der Waals surface area contributed by atoms with E-state index in [0.29, 0.717) is 0 Å². The van der Waals surface area contributed by atoms with Crippen molar-refractivity contribution in [3.8, 4) is 0 Å². The summed E-state index contributed by atoms with van der Waals surface area (Å²) in [7, 11) is 0. The lowest BCUT2D eigenvalue weighted by atomic mass is 10.0. The zero-order chi connectivity index (χ0) is 51.3. The average molecular weight is 967 g/mol. The van der Waals surface area contributed by atoms with E-state index >= 15 is 28.8 Å². The molecule has 0 radical (unpaired) electrons. The summed E-state index contributed by atoms with van der Waals surface area (Å²) in [6, 6.07) is 52.3. The van der Waals surface area contributed by atoms with E-state index < -0.39 is 111 Å². The summed E-state index contributed by atoms with van der Waals surface area (Å²) < 4.78 is 0. The van der Waals surface area contributed by atoms with E-state index in [1.165, 1.54) is 29.4 Å². The second kappa shape index (κ2) is 24.3. The van der Waals surface area contributed by atoms with Crippen LogP contribution in [-0.4, -0.2) is 104 Å². The summed E-state index contributed by atoms with van der Waals surface area (Å²) in [5.74, 6) is -3.01. The van der Waals surface area contributed by atoms with Gasteiger partial charge in [-0.2, -0.15) is 0 Å². The first kappa shape index (κ1) is 52.0. The van der Waals surface area contributed by atoms with Crippen molar-refractivity contribution in [2.75, 3.05) is 39.3 Å². The van der Waals surface area contributed by atoms with E-state index in [9.17, 15) is 0 Å². The standard InChI is InChI=1S/C60H66N6O6/c1-43(49-25-13-7-14-26-49)61-37-56(68)63(45(3)51-29-17-9-18-30-51)39-58(70)65(47(5)53-33-21-11-22-34-53)41-60(72)66(48(6)54-35-23-12-24-36-54)42-59(71)64(46(4)52-31-19-10-20-32-52)40-57(69)62(38-55(61)67)44(2)50-27-15-8-16-28-50/h7-36,43-48H,37-42H2,1-6H3/t43-,44-,45-,46-,47-,48-/m0/s1. The molecule has 12 nitrogen and oxygen atoms in total. The molecule has 1 heterocycles. The van der Waals surface area contributed by atoms with Gasteiger partial charge in [0.25, 0.3) is 0 Å². The lowest BCUT2D eigenvalue weighted by molar-refractivity contribution is -0.154. The lowest BCUT2D eigenvalue weighted by Gasteiger charge is -2.40. The van der Waals surface area contributed by atoms with Crippen LogP contribution in [0.4, 0.5) is 0 Å². The summed E-state index contributed by atoms with van der Waals surface area (Å²) in [5.41, 5.74) is 4.57. The van der Waals surface area contributed by atoms with Gasteiger partial charge in [0.15, 0.2) is 0 Å². The second-order valence-electron chi connectivity index (χ2n) is 18.6. The highest BCUT2D eigenvalue weighted by Crippen LogP contribution is 2.30. The molecule has 6 aromatic rings. The van der Waals surface area contributed by atoms with Gasteiger partial charge >= 0.3 is 0 Å². The number of hydrogen-bond donors (Lipinski definition) is 0. The van der Waals surface area contributed by atoms with Crippen LogP contribution in [0.25, 0.3) is 0 Å². The normalized spacial score (nSPS) is 17.8. The van der Waals surface area contributed by atoms with E-state index in [1.54, 1.807) is 0 Å². The number of carbonyl (C=O) groups is 6. The van der Waals surface area contributed by atoms with E-state index in [4.69, 9.17) is 0 Å². The summed E-state index contributed by atoms with van der Waals surface area (Å²) in [6.45, 7) is 8.42. The van der Waals surface area contributed by atoms with Gasteiger partial charge in [-0.1, -0.05) is 182 Å². The highest BCUT2D eigenvalue weighted by molar-refractivity contribution is 5.94. The molecule has 7 rings (SSSR count). The van der Waals surface area contributed by atoms with Gasteiger partial charge in [0, 0.05) is 0 Å². The van der Waals surface area contributed by atoms with Gasteiger partial charge in [-0.25, -0.2) is 0 Å². The first-order chi connectivity index (χ1) is 34.7. The first-order valence-electron chi connectivity index (χ1n) is 24.8. The van der Waals surface area contributed by atoms with E-state index in [0.717, 1.165) is 33.4 Å². The van der Waals surface area contributed by atoms with Crippen LogP contribution < -0.4 is 0 Å². The van der Waals surface area contributed by atoms with Crippen molar-refractivity contribution in [1.29, 1.82) is 0 Å². The zero-order valence-corrected chi connectivity index (χ0v) is 42.2. The number of benzene rings is 6. The maximum absolute atomic E-state index is 15.3. The molecule has 12 heteroatoms. The summed E-state index contributed by atoms with van der Waals surface area (Å²) >= 11 is 0. The van der Waals surface area contributed by atoms with E-state index in [2.05, 4.69) is 0 Å². The number of nitrogens with zero attached hydrogens (tertiary/aromatic N) is 6. The van der Waals surface area contributed by atoms with Crippen LogP contribution in [0.2, 0.25) is 0 Å². The predicted molar refractivity (Wildman–Crippen MR) is 279 cm³/mol. The minimum absolute atomic E-state index is 0.438. The Kier molecular flexibility index (Phi) is 17.6. The van der Waals surface area contributed by atoms with E-state index in [1.807, 2.05) is 224 Å². The maximum Gasteiger partial charge on any atom is 0.243 e. The summed E-state index contributed by atoms with van der Waals surface area (Å²) in [4.78, 5) is 101.